The Morgan fingerprint density at radius 2 is 1.83 bits per heavy atom. The number of hydrogen-bond acceptors (Lipinski definition) is 6. The highest BCUT2D eigenvalue weighted by atomic mass is 16.7. The van der Waals surface area contributed by atoms with Crippen LogP contribution >= 0.6 is 0 Å². The van der Waals surface area contributed by atoms with E-state index in [2.05, 4.69) is 20.3 Å². The molecule has 0 unspecified atom stereocenters. The van der Waals surface area contributed by atoms with Gasteiger partial charge >= 0.3 is 0 Å². The maximum Gasteiger partial charge on any atom is 0.231 e. The van der Waals surface area contributed by atoms with Gasteiger partial charge in [-0.1, -0.05) is 12.1 Å². The lowest BCUT2D eigenvalue weighted by atomic mass is 10.1. The Morgan fingerprint density at radius 3 is 2.79 bits per heavy atom. The molecule has 7 nitrogen and oxygen atoms in total. The molecular weight excluding hydrogens is 310 g/mol. The monoisotopic (exact) mass is 325 g/mol. The van der Waals surface area contributed by atoms with Gasteiger partial charge in [-0.3, -0.25) is 4.79 Å². The van der Waals surface area contributed by atoms with Gasteiger partial charge in [0.1, 0.15) is 11.0 Å². The second kappa shape index (κ2) is 6.19. The van der Waals surface area contributed by atoms with Crippen molar-refractivity contribution in [3.63, 3.8) is 0 Å². The zero-order valence-corrected chi connectivity index (χ0v) is 12.8. The summed E-state index contributed by atoms with van der Waals surface area (Å²) in [7, 11) is 0. The van der Waals surface area contributed by atoms with Gasteiger partial charge in [0.15, 0.2) is 11.5 Å². The molecule has 1 aromatic heterocycles. The number of fused-ring (bicyclic) bond motifs is 2. The third-order valence-corrected chi connectivity index (χ3v) is 3.89. The van der Waals surface area contributed by atoms with Crippen molar-refractivity contribution in [2.45, 2.75) is 19.4 Å². The summed E-state index contributed by atoms with van der Waals surface area (Å²) < 4.78 is 15.3. The number of ether oxygens (including phenoxy) is 2. The molecule has 3 aromatic rings. The molecule has 1 amide bonds. The predicted octanol–water partition coefficient (Wildman–Crippen LogP) is 2.20. The van der Waals surface area contributed by atoms with Crippen molar-refractivity contribution in [2.75, 3.05) is 6.79 Å². The van der Waals surface area contributed by atoms with Crippen LogP contribution in [-0.4, -0.2) is 23.0 Å². The Bertz CT molecular complexity index is 890. The van der Waals surface area contributed by atoms with Crippen molar-refractivity contribution in [2.24, 2.45) is 0 Å². The van der Waals surface area contributed by atoms with Crippen molar-refractivity contribution < 1.29 is 18.9 Å². The van der Waals surface area contributed by atoms with E-state index in [9.17, 15) is 4.79 Å². The highest BCUT2D eigenvalue weighted by Crippen LogP contribution is 2.32. The Morgan fingerprint density at radius 1 is 1.00 bits per heavy atom. The second-order valence-corrected chi connectivity index (χ2v) is 5.55. The standard InChI is InChI=1S/C17H15N3O4/c21-17(6-3-11-2-5-15-16(8-11)23-10-22-15)18-9-12-1-4-13-14(7-12)20-24-19-13/h1-2,4-5,7-8H,3,6,9-10H2,(H,18,21). The van der Waals surface area contributed by atoms with E-state index in [1.54, 1.807) is 0 Å². The van der Waals surface area contributed by atoms with Crippen LogP contribution in [-0.2, 0) is 17.8 Å². The number of carbonyl (C=O) groups excluding carboxylic acids is 1. The second-order valence-electron chi connectivity index (χ2n) is 5.55. The van der Waals surface area contributed by atoms with E-state index in [1.807, 2.05) is 36.4 Å². The van der Waals surface area contributed by atoms with Gasteiger partial charge in [0.05, 0.1) is 0 Å². The molecule has 1 aliphatic rings. The number of carbonyl (C=O) groups is 1. The van der Waals surface area contributed by atoms with E-state index < -0.39 is 0 Å². The molecule has 0 atom stereocenters. The first-order valence-electron chi connectivity index (χ1n) is 7.64. The van der Waals surface area contributed by atoms with E-state index in [1.165, 1.54) is 0 Å². The number of benzene rings is 2. The van der Waals surface area contributed by atoms with Gasteiger partial charge in [-0.15, -0.1) is 0 Å². The number of aryl methyl sites for hydroxylation is 1. The van der Waals surface area contributed by atoms with Gasteiger partial charge in [-0.25, -0.2) is 4.63 Å². The number of hydrogen-bond donors (Lipinski definition) is 1. The van der Waals surface area contributed by atoms with Gasteiger partial charge in [-0.05, 0) is 52.1 Å². The van der Waals surface area contributed by atoms with Gasteiger partial charge in [0.25, 0.3) is 0 Å². The van der Waals surface area contributed by atoms with Crippen molar-refractivity contribution in [3.8, 4) is 11.5 Å². The minimum Gasteiger partial charge on any atom is -0.454 e. The number of aromatic nitrogens is 2. The van der Waals surface area contributed by atoms with E-state index in [4.69, 9.17) is 9.47 Å². The van der Waals surface area contributed by atoms with Crippen LogP contribution in [0.15, 0.2) is 41.0 Å². The summed E-state index contributed by atoms with van der Waals surface area (Å²) in [5.41, 5.74) is 3.38. The first kappa shape index (κ1) is 14.5. The van der Waals surface area contributed by atoms with Gasteiger partial charge in [-0.2, -0.15) is 0 Å². The lowest BCUT2D eigenvalue weighted by molar-refractivity contribution is -0.121. The molecule has 0 fully saturated rings. The zero-order valence-electron chi connectivity index (χ0n) is 12.8. The van der Waals surface area contributed by atoms with Crippen LogP contribution in [0.5, 0.6) is 11.5 Å². The maximum atomic E-state index is 12.0. The summed E-state index contributed by atoms with van der Waals surface area (Å²) in [6.07, 6.45) is 1.06. The smallest absolute Gasteiger partial charge is 0.231 e. The summed E-state index contributed by atoms with van der Waals surface area (Å²) in [5.74, 6) is 1.48. The number of amides is 1. The molecule has 0 bridgehead atoms. The van der Waals surface area contributed by atoms with Crippen LogP contribution in [0.1, 0.15) is 17.5 Å². The summed E-state index contributed by atoms with van der Waals surface area (Å²) in [6.45, 7) is 0.702. The molecule has 0 aliphatic carbocycles. The molecule has 7 heteroatoms. The SMILES string of the molecule is O=C(CCc1ccc2c(c1)OCO2)NCc1ccc2nonc2c1. The summed E-state index contributed by atoms with van der Waals surface area (Å²) in [4.78, 5) is 12.0. The number of nitrogens with one attached hydrogen (secondary N) is 1. The molecule has 4 rings (SSSR count). The summed E-state index contributed by atoms with van der Waals surface area (Å²) in [5, 5.41) is 10.4. The Kier molecular flexibility index (Phi) is 3.74. The average molecular weight is 325 g/mol. The fraction of sp³-hybridized carbons (Fsp3) is 0.235. The molecule has 1 N–H and O–H groups in total. The Hall–Kier alpha value is -3.09. The molecule has 2 aromatic carbocycles. The highest BCUT2D eigenvalue weighted by molar-refractivity contribution is 5.77. The van der Waals surface area contributed by atoms with Gasteiger partial charge in [0.2, 0.25) is 12.7 Å². The van der Waals surface area contributed by atoms with Gasteiger partial charge < -0.3 is 14.8 Å². The third kappa shape index (κ3) is 3.01. The lowest BCUT2D eigenvalue weighted by Crippen LogP contribution is -2.22. The van der Waals surface area contributed by atoms with Crippen molar-refractivity contribution in [1.82, 2.24) is 15.6 Å². The van der Waals surface area contributed by atoms with Crippen molar-refractivity contribution >= 4 is 16.9 Å². The number of rotatable bonds is 5. The topological polar surface area (TPSA) is 86.5 Å². The van der Waals surface area contributed by atoms with Crippen LogP contribution in [0.4, 0.5) is 0 Å². The average Bonchev–Trinajstić information content (AvgIpc) is 3.25. The predicted molar refractivity (Wildman–Crippen MR) is 84.5 cm³/mol. The van der Waals surface area contributed by atoms with Crippen LogP contribution in [0.25, 0.3) is 11.0 Å². The normalized spacial score (nSPS) is 12.5. The molecule has 2 heterocycles. The maximum absolute atomic E-state index is 12.0. The van der Waals surface area contributed by atoms with E-state index in [0.717, 1.165) is 22.6 Å². The third-order valence-electron chi connectivity index (χ3n) is 3.89. The zero-order chi connectivity index (χ0) is 16.4. The van der Waals surface area contributed by atoms with Crippen molar-refractivity contribution in [1.29, 1.82) is 0 Å². The lowest BCUT2D eigenvalue weighted by Gasteiger charge is -2.06. The van der Waals surface area contributed by atoms with E-state index in [-0.39, 0.29) is 12.7 Å². The molecular formula is C17H15N3O4. The number of nitrogens with zero attached hydrogens (tertiary/aromatic N) is 2. The molecule has 0 radical (unpaired) electrons. The molecule has 0 spiro atoms. The van der Waals surface area contributed by atoms with Crippen LogP contribution < -0.4 is 14.8 Å². The largest absolute Gasteiger partial charge is 0.454 e. The van der Waals surface area contributed by atoms with E-state index in [0.29, 0.717) is 30.4 Å². The first-order chi connectivity index (χ1) is 11.8. The van der Waals surface area contributed by atoms with Crippen LogP contribution in [0.2, 0.25) is 0 Å². The molecule has 0 saturated heterocycles. The molecule has 0 saturated carbocycles. The molecule has 24 heavy (non-hydrogen) atoms. The quantitative estimate of drug-likeness (QED) is 0.774. The first-order valence-corrected chi connectivity index (χ1v) is 7.64. The Balaban J connectivity index is 1.30. The summed E-state index contributed by atoms with van der Waals surface area (Å²) in [6, 6.07) is 11.3. The van der Waals surface area contributed by atoms with E-state index >= 15 is 0 Å². The highest BCUT2D eigenvalue weighted by Gasteiger charge is 2.13. The molecule has 1 aliphatic heterocycles. The van der Waals surface area contributed by atoms with Crippen LogP contribution in [0.3, 0.4) is 0 Å². The molecule has 122 valence electrons. The van der Waals surface area contributed by atoms with Gasteiger partial charge in [0, 0.05) is 13.0 Å². The minimum absolute atomic E-state index is 0.00829. The summed E-state index contributed by atoms with van der Waals surface area (Å²) >= 11 is 0. The minimum atomic E-state index is -0.00829. The Labute approximate surface area is 137 Å². The fourth-order valence-electron chi connectivity index (χ4n) is 2.58. The fourth-order valence-corrected chi connectivity index (χ4v) is 2.58. The van der Waals surface area contributed by atoms with Crippen LogP contribution in [0, 0.1) is 0 Å². The van der Waals surface area contributed by atoms with Crippen molar-refractivity contribution in [3.05, 3.63) is 47.5 Å².